The van der Waals surface area contributed by atoms with Crippen LogP contribution in [0.15, 0.2) is 12.2 Å². The predicted molar refractivity (Wildman–Crippen MR) is 63.2 cm³/mol. The van der Waals surface area contributed by atoms with Gasteiger partial charge in [-0.15, -0.1) is 0 Å². The average Bonchev–Trinajstić information content (AvgIpc) is 2.25. The maximum absolute atomic E-state index is 11.5. The first-order chi connectivity index (χ1) is 7.57. The Bertz CT molecular complexity index is 249. The molecule has 0 aliphatic heterocycles. The van der Waals surface area contributed by atoms with Gasteiger partial charge in [0.15, 0.2) is 0 Å². The van der Waals surface area contributed by atoms with Crippen LogP contribution >= 0.6 is 0 Å². The number of allylic oxidation sites excluding steroid dienone is 2. The Kier molecular flexibility index (Phi) is 8.21. The molecule has 0 aromatic rings. The van der Waals surface area contributed by atoms with Gasteiger partial charge in [-0.1, -0.05) is 12.2 Å². The van der Waals surface area contributed by atoms with Crippen LogP contribution in [0.5, 0.6) is 0 Å². The van der Waals surface area contributed by atoms with Crippen LogP contribution in [0.1, 0.15) is 39.0 Å². The number of hydrogen-bond donors (Lipinski definition) is 1. The Morgan fingerprint density at radius 2 is 1.94 bits per heavy atom. The summed E-state index contributed by atoms with van der Waals surface area (Å²) in [6.07, 6.45) is 7.47. The molecule has 0 saturated heterocycles. The summed E-state index contributed by atoms with van der Waals surface area (Å²) in [5.74, 6) is -0.838. The van der Waals surface area contributed by atoms with Crippen molar-refractivity contribution in [3.63, 3.8) is 0 Å². The van der Waals surface area contributed by atoms with Crippen LogP contribution in [0, 0.1) is 0 Å². The molecule has 0 radical (unpaired) electrons. The molecule has 0 aromatic heterocycles. The third-order valence-electron chi connectivity index (χ3n) is 2.33. The van der Waals surface area contributed by atoms with Crippen molar-refractivity contribution in [3.8, 4) is 0 Å². The van der Waals surface area contributed by atoms with E-state index in [0.717, 1.165) is 19.3 Å². The molecule has 92 valence electrons. The lowest BCUT2D eigenvalue weighted by Crippen LogP contribution is -2.28. The number of unbranched alkanes of at least 4 members (excludes halogenated alkanes) is 2. The molecular weight excluding hydrogens is 206 g/mol. The van der Waals surface area contributed by atoms with E-state index >= 15 is 0 Å². The summed E-state index contributed by atoms with van der Waals surface area (Å²) in [5, 5.41) is 8.47. The number of aliphatic carboxylic acids is 1. The fourth-order valence-electron chi connectivity index (χ4n) is 1.28. The van der Waals surface area contributed by atoms with Gasteiger partial charge in [-0.25, -0.2) is 0 Å². The van der Waals surface area contributed by atoms with Crippen LogP contribution in [-0.4, -0.2) is 35.5 Å². The lowest BCUT2D eigenvalue weighted by Gasteiger charge is -2.15. The van der Waals surface area contributed by atoms with Crippen molar-refractivity contribution in [2.45, 2.75) is 39.0 Å². The quantitative estimate of drug-likeness (QED) is 0.510. The highest BCUT2D eigenvalue weighted by Gasteiger charge is 2.09. The number of amides is 1. The van der Waals surface area contributed by atoms with Crippen LogP contribution < -0.4 is 0 Å². The molecular formula is C12H21NO3. The first kappa shape index (κ1) is 14.7. The molecule has 0 bridgehead atoms. The zero-order valence-electron chi connectivity index (χ0n) is 10.1. The summed E-state index contributed by atoms with van der Waals surface area (Å²) in [5.41, 5.74) is 0. The Hall–Kier alpha value is -1.32. The summed E-state index contributed by atoms with van der Waals surface area (Å²) in [4.78, 5) is 23.3. The van der Waals surface area contributed by atoms with Crippen LogP contribution in [0.2, 0.25) is 0 Å². The SMILES string of the molecule is C/C=C/CCCCC(=O)N(C)CCC(=O)O. The standard InChI is InChI=1S/C12H21NO3/c1-3-4-5-6-7-8-11(14)13(2)10-9-12(15)16/h3-4H,5-10H2,1-2H3,(H,15,16)/b4-3+. The minimum atomic E-state index is -0.868. The topological polar surface area (TPSA) is 57.6 Å². The first-order valence-corrected chi connectivity index (χ1v) is 5.64. The molecule has 0 atom stereocenters. The molecule has 0 spiro atoms. The Morgan fingerprint density at radius 3 is 2.50 bits per heavy atom. The normalized spacial score (nSPS) is 10.6. The second-order valence-corrected chi connectivity index (χ2v) is 3.77. The third kappa shape index (κ3) is 8.03. The smallest absolute Gasteiger partial charge is 0.305 e. The van der Waals surface area contributed by atoms with E-state index in [1.807, 2.05) is 13.0 Å². The van der Waals surface area contributed by atoms with E-state index in [9.17, 15) is 9.59 Å². The highest BCUT2D eigenvalue weighted by molar-refractivity contribution is 5.76. The summed E-state index contributed by atoms with van der Waals surface area (Å²) in [6.45, 7) is 2.27. The van der Waals surface area contributed by atoms with E-state index in [2.05, 4.69) is 6.08 Å². The number of hydrogen-bond acceptors (Lipinski definition) is 2. The summed E-state index contributed by atoms with van der Waals surface area (Å²) >= 11 is 0. The minimum Gasteiger partial charge on any atom is -0.481 e. The second-order valence-electron chi connectivity index (χ2n) is 3.77. The van der Waals surface area contributed by atoms with Crippen molar-refractivity contribution in [1.82, 2.24) is 4.90 Å². The van der Waals surface area contributed by atoms with Gasteiger partial charge in [0, 0.05) is 20.0 Å². The predicted octanol–water partition coefficient (Wildman–Crippen LogP) is 2.06. The molecule has 0 unspecified atom stereocenters. The molecule has 0 fully saturated rings. The van der Waals surface area contributed by atoms with Crippen molar-refractivity contribution in [2.75, 3.05) is 13.6 Å². The van der Waals surface area contributed by atoms with Gasteiger partial charge in [0.05, 0.1) is 6.42 Å². The molecule has 0 saturated carbocycles. The maximum Gasteiger partial charge on any atom is 0.305 e. The maximum atomic E-state index is 11.5. The summed E-state index contributed by atoms with van der Waals surface area (Å²) in [6, 6.07) is 0. The third-order valence-corrected chi connectivity index (χ3v) is 2.33. The van der Waals surface area contributed by atoms with E-state index in [-0.39, 0.29) is 12.3 Å². The molecule has 0 rings (SSSR count). The summed E-state index contributed by atoms with van der Waals surface area (Å²) in [7, 11) is 1.65. The zero-order valence-corrected chi connectivity index (χ0v) is 10.1. The zero-order chi connectivity index (χ0) is 12.4. The number of carboxylic acids is 1. The Labute approximate surface area is 96.9 Å². The first-order valence-electron chi connectivity index (χ1n) is 5.64. The van der Waals surface area contributed by atoms with Gasteiger partial charge in [-0.05, 0) is 26.2 Å². The largest absolute Gasteiger partial charge is 0.481 e. The van der Waals surface area contributed by atoms with E-state index in [1.54, 1.807) is 7.05 Å². The molecule has 1 amide bonds. The molecule has 0 aromatic carbocycles. The lowest BCUT2D eigenvalue weighted by atomic mass is 10.1. The lowest BCUT2D eigenvalue weighted by molar-refractivity contribution is -0.138. The van der Waals surface area contributed by atoms with E-state index in [4.69, 9.17) is 5.11 Å². The van der Waals surface area contributed by atoms with Gasteiger partial charge in [-0.2, -0.15) is 0 Å². The molecule has 0 aliphatic carbocycles. The van der Waals surface area contributed by atoms with E-state index in [1.165, 1.54) is 4.90 Å². The summed E-state index contributed by atoms with van der Waals surface area (Å²) < 4.78 is 0. The molecule has 4 nitrogen and oxygen atoms in total. The van der Waals surface area contributed by atoms with Crippen LogP contribution in [0.25, 0.3) is 0 Å². The van der Waals surface area contributed by atoms with Crippen molar-refractivity contribution >= 4 is 11.9 Å². The monoisotopic (exact) mass is 227 g/mol. The molecule has 16 heavy (non-hydrogen) atoms. The Balaban J connectivity index is 3.58. The molecule has 0 aliphatic rings. The highest BCUT2D eigenvalue weighted by atomic mass is 16.4. The van der Waals surface area contributed by atoms with Crippen molar-refractivity contribution in [2.24, 2.45) is 0 Å². The molecule has 1 N–H and O–H groups in total. The number of rotatable bonds is 8. The molecule has 4 heteroatoms. The van der Waals surface area contributed by atoms with Gasteiger partial charge in [0.1, 0.15) is 0 Å². The van der Waals surface area contributed by atoms with Gasteiger partial charge < -0.3 is 10.0 Å². The van der Waals surface area contributed by atoms with E-state index in [0.29, 0.717) is 13.0 Å². The number of carbonyl (C=O) groups excluding carboxylic acids is 1. The fourth-order valence-corrected chi connectivity index (χ4v) is 1.28. The number of carbonyl (C=O) groups is 2. The van der Waals surface area contributed by atoms with Crippen LogP contribution in [0.3, 0.4) is 0 Å². The minimum absolute atomic E-state index is 0.0147. The number of carboxylic acid groups (broad SMARTS) is 1. The van der Waals surface area contributed by atoms with Crippen LogP contribution in [-0.2, 0) is 9.59 Å². The number of nitrogens with zero attached hydrogens (tertiary/aromatic N) is 1. The van der Waals surface area contributed by atoms with E-state index < -0.39 is 5.97 Å². The van der Waals surface area contributed by atoms with Gasteiger partial charge >= 0.3 is 5.97 Å². The molecule has 0 heterocycles. The fraction of sp³-hybridized carbons (Fsp3) is 0.667. The Morgan fingerprint density at radius 1 is 1.25 bits per heavy atom. The van der Waals surface area contributed by atoms with Gasteiger partial charge in [0.2, 0.25) is 5.91 Å². The highest BCUT2D eigenvalue weighted by Crippen LogP contribution is 2.03. The van der Waals surface area contributed by atoms with Gasteiger partial charge in [0.25, 0.3) is 0 Å². The van der Waals surface area contributed by atoms with Crippen LogP contribution in [0.4, 0.5) is 0 Å². The van der Waals surface area contributed by atoms with Crippen molar-refractivity contribution < 1.29 is 14.7 Å². The van der Waals surface area contributed by atoms with Gasteiger partial charge in [-0.3, -0.25) is 9.59 Å². The second kappa shape index (κ2) is 8.95. The van der Waals surface area contributed by atoms with Crippen molar-refractivity contribution in [3.05, 3.63) is 12.2 Å². The van der Waals surface area contributed by atoms with Crippen molar-refractivity contribution in [1.29, 1.82) is 0 Å². The average molecular weight is 227 g/mol.